The van der Waals surface area contributed by atoms with E-state index in [9.17, 15) is 15.0 Å². The molecule has 1 aliphatic heterocycles. The van der Waals surface area contributed by atoms with Crippen LogP contribution in [0.15, 0.2) is 11.4 Å². The van der Waals surface area contributed by atoms with E-state index in [2.05, 4.69) is 20.2 Å². The highest BCUT2D eigenvalue weighted by Crippen LogP contribution is 2.36. The first-order valence-corrected chi connectivity index (χ1v) is 7.74. The molecular weight excluding hydrogens is 326 g/mol. The van der Waals surface area contributed by atoms with Crippen molar-refractivity contribution >= 4 is 28.7 Å². The molecule has 0 aliphatic carbocycles. The maximum absolute atomic E-state index is 10.9. The smallest absolute Gasteiger partial charge is 0.227 e. The lowest BCUT2D eigenvalue weighted by molar-refractivity contribution is -0.115. The van der Waals surface area contributed by atoms with Crippen LogP contribution in [0.3, 0.4) is 0 Å². The highest BCUT2D eigenvalue weighted by atomic mass is 32.2. The minimum atomic E-state index is -1.23. The normalized spacial score (nSPS) is 27.6. The molecule has 0 saturated carbocycles. The Morgan fingerprint density at radius 1 is 1.35 bits per heavy atom. The average Bonchev–Trinajstić information content (AvgIpc) is 3.08. The molecule has 1 fully saturated rings. The molecule has 23 heavy (non-hydrogen) atoms. The zero-order valence-corrected chi connectivity index (χ0v) is 12.6. The van der Waals surface area contributed by atoms with E-state index in [1.54, 1.807) is 0 Å². The molecule has 3 rings (SSSR count). The number of hydrogen-bond donors (Lipinski definition) is 5. The van der Waals surface area contributed by atoms with Crippen LogP contribution in [0, 0.1) is 0 Å². The van der Waals surface area contributed by atoms with Crippen LogP contribution >= 0.6 is 11.8 Å². The maximum atomic E-state index is 10.9. The van der Waals surface area contributed by atoms with Gasteiger partial charge in [-0.3, -0.25) is 9.89 Å². The number of rotatable bonds is 5. The molecule has 2 aromatic heterocycles. The second-order valence-electron chi connectivity index (χ2n) is 5.03. The molecule has 0 bridgehead atoms. The van der Waals surface area contributed by atoms with E-state index in [1.807, 2.05) is 0 Å². The van der Waals surface area contributed by atoms with E-state index in [-0.39, 0.29) is 5.75 Å². The quantitative estimate of drug-likeness (QED) is 0.307. The number of aromatic amines is 1. The van der Waals surface area contributed by atoms with Crippen molar-refractivity contribution in [2.24, 2.45) is 5.73 Å². The molecule has 1 saturated heterocycles. The van der Waals surface area contributed by atoms with Gasteiger partial charge in [-0.15, -0.1) is 0 Å². The Balaban J connectivity index is 1.94. The number of thioether (sulfide) groups is 1. The number of amides is 1. The van der Waals surface area contributed by atoms with E-state index >= 15 is 0 Å². The Labute approximate surface area is 134 Å². The Morgan fingerprint density at radius 3 is 2.78 bits per heavy atom. The summed E-state index contributed by atoms with van der Waals surface area (Å²) in [6.07, 6.45) is -2.94. The van der Waals surface area contributed by atoms with Crippen molar-refractivity contribution in [2.75, 3.05) is 12.4 Å². The molecular formula is C12H15N5O5S. The summed E-state index contributed by atoms with van der Waals surface area (Å²) in [6, 6.07) is 0. The SMILES string of the molecule is NC(=O)CSc1ncnc2c([C@@H]3O[C@H](CO)[C@@H](O)[C@H]3O)[nH]nc12. The summed E-state index contributed by atoms with van der Waals surface area (Å²) in [5.74, 6) is -0.441. The average molecular weight is 341 g/mol. The summed E-state index contributed by atoms with van der Waals surface area (Å²) in [7, 11) is 0. The first-order valence-electron chi connectivity index (χ1n) is 6.75. The number of carbonyl (C=O) groups is 1. The third kappa shape index (κ3) is 2.88. The Bertz CT molecular complexity index is 725. The third-order valence-corrected chi connectivity index (χ3v) is 4.51. The summed E-state index contributed by atoms with van der Waals surface area (Å²) in [4.78, 5) is 19.1. The van der Waals surface area contributed by atoms with Gasteiger partial charge in [-0.2, -0.15) is 5.10 Å². The number of aliphatic hydroxyl groups is 3. The molecule has 6 N–H and O–H groups in total. The molecule has 11 heteroatoms. The topological polar surface area (TPSA) is 167 Å². The molecule has 0 aromatic carbocycles. The molecule has 1 amide bonds. The van der Waals surface area contributed by atoms with Gasteiger partial charge in [0.2, 0.25) is 5.91 Å². The number of nitrogens with zero attached hydrogens (tertiary/aromatic N) is 3. The lowest BCUT2D eigenvalue weighted by atomic mass is 10.1. The number of H-pyrrole nitrogens is 1. The predicted molar refractivity (Wildman–Crippen MR) is 78.3 cm³/mol. The highest BCUT2D eigenvalue weighted by Gasteiger charge is 2.44. The predicted octanol–water partition coefficient (Wildman–Crippen LogP) is -1.92. The Kier molecular flexibility index (Phi) is 4.46. The fourth-order valence-electron chi connectivity index (χ4n) is 2.41. The number of fused-ring (bicyclic) bond motifs is 1. The highest BCUT2D eigenvalue weighted by molar-refractivity contribution is 8.00. The maximum Gasteiger partial charge on any atom is 0.227 e. The van der Waals surface area contributed by atoms with Crippen molar-refractivity contribution in [1.82, 2.24) is 20.2 Å². The van der Waals surface area contributed by atoms with Crippen LogP contribution in [0.1, 0.15) is 11.8 Å². The van der Waals surface area contributed by atoms with E-state index in [1.165, 1.54) is 6.33 Å². The molecule has 0 spiro atoms. The van der Waals surface area contributed by atoms with Crippen molar-refractivity contribution < 1.29 is 24.9 Å². The standard InChI is InChI=1S/C12H15N5O5S/c13-5(19)2-23-12-8-6(14-3-15-12)7(16-17-8)11-10(21)9(20)4(1-18)22-11/h3-4,9-11,18,20-21H,1-2H2,(H2,13,19)(H,16,17)/t4-,9-,10-,11+/m1/s1. The van der Waals surface area contributed by atoms with Gasteiger partial charge in [0.1, 0.15) is 46.8 Å². The molecule has 1 aliphatic rings. The zero-order valence-electron chi connectivity index (χ0n) is 11.8. The first-order chi connectivity index (χ1) is 11.0. The summed E-state index contributed by atoms with van der Waals surface area (Å²) in [5.41, 5.74) is 6.30. The van der Waals surface area contributed by atoms with Gasteiger partial charge in [0.25, 0.3) is 0 Å². The van der Waals surface area contributed by atoms with Crippen molar-refractivity contribution in [3.63, 3.8) is 0 Å². The van der Waals surface area contributed by atoms with Crippen molar-refractivity contribution in [1.29, 1.82) is 0 Å². The van der Waals surface area contributed by atoms with Crippen LogP contribution in [-0.4, -0.2) is 72.1 Å². The summed E-state index contributed by atoms with van der Waals surface area (Å²) in [6.45, 7) is -0.421. The number of nitrogens with two attached hydrogens (primary N) is 1. The Hall–Kier alpha value is -1.79. The first kappa shape index (κ1) is 16.1. The van der Waals surface area contributed by atoms with E-state index < -0.39 is 36.9 Å². The number of primary amides is 1. The van der Waals surface area contributed by atoms with Crippen LogP contribution in [0.4, 0.5) is 0 Å². The number of nitrogens with one attached hydrogen (secondary N) is 1. The third-order valence-electron chi connectivity index (χ3n) is 3.51. The fourth-order valence-corrected chi connectivity index (χ4v) is 3.09. The van der Waals surface area contributed by atoms with Crippen molar-refractivity contribution in [2.45, 2.75) is 29.4 Å². The molecule has 124 valence electrons. The monoisotopic (exact) mass is 341 g/mol. The molecule has 4 atom stereocenters. The van der Waals surface area contributed by atoms with Gasteiger partial charge in [0.15, 0.2) is 0 Å². The summed E-state index contributed by atoms with van der Waals surface area (Å²) < 4.78 is 5.46. The van der Waals surface area contributed by atoms with E-state index in [4.69, 9.17) is 15.6 Å². The molecule has 10 nitrogen and oxygen atoms in total. The van der Waals surface area contributed by atoms with Crippen molar-refractivity contribution in [3.8, 4) is 0 Å². The van der Waals surface area contributed by atoms with E-state index in [0.29, 0.717) is 21.8 Å². The second kappa shape index (κ2) is 6.37. The largest absolute Gasteiger partial charge is 0.394 e. The van der Waals surface area contributed by atoms with Crippen LogP contribution in [-0.2, 0) is 9.53 Å². The van der Waals surface area contributed by atoms with Gasteiger partial charge in [0, 0.05) is 0 Å². The van der Waals surface area contributed by atoms with Gasteiger partial charge in [-0.05, 0) is 0 Å². The van der Waals surface area contributed by atoms with Gasteiger partial charge in [-0.1, -0.05) is 11.8 Å². The molecule has 3 heterocycles. The zero-order chi connectivity index (χ0) is 16.6. The van der Waals surface area contributed by atoms with Gasteiger partial charge in [0.05, 0.1) is 18.1 Å². The summed E-state index contributed by atoms with van der Waals surface area (Å²) in [5, 5.41) is 36.4. The van der Waals surface area contributed by atoms with Gasteiger partial charge < -0.3 is 25.8 Å². The number of aliphatic hydroxyl groups excluding tert-OH is 3. The number of aromatic nitrogens is 4. The van der Waals surface area contributed by atoms with Gasteiger partial charge >= 0.3 is 0 Å². The van der Waals surface area contributed by atoms with Crippen LogP contribution in [0.25, 0.3) is 11.0 Å². The number of hydrogen-bond acceptors (Lipinski definition) is 9. The minimum Gasteiger partial charge on any atom is -0.394 e. The summed E-state index contributed by atoms with van der Waals surface area (Å²) >= 11 is 1.12. The van der Waals surface area contributed by atoms with Crippen LogP contribution < -0.4 is 5.73 Å². The second-order valence-corrected chi connectivity index (χ2v) is 5.99. The molecule has 2 aromatic rings. The van der Waals surface area contributed by atoms with E-state index in [0.717, 1.165) is 11.8 Å². The minimum absolute atomic E-state index is 0.0438. The van der Waals surface area contributed by atoms with Crippen LogP contribution in [0.2, 0.25) is 0 Å². The van der Waals surface area contributed by atoms with Crippen molar-refractivity contribution in [3.05, 3.63) is 12.0 Å². The lowest BCUT2D eigenvalue weighted by Gasteiger charge is -2.12. The number of carbonyl (C=O) groups excluding carboxylic acids is 1. The molecule has 0 radical (unpaired) electrons. The Morgan fingerprint density at radius 2 is 2.13 bits per heavy atom. The fraction of sp³-hybridized carbons (Fsp3) is 0.500. The number of ether oxygens (including phenoxy) is 1. The lowest BCUT2D eigenvalue weighted by Crippen LogP contribution is -2.32. The molecule has 0 unspecified atom stereocenters. The van der Waals surface area contributed by atoms with Gasteiger partial charge in [-0.25, -0.2) is 9.97 Å². The van der Waals surface area contributed by atoms with Crippen LogP contribution in [0.5, 0.6) is 0 Å².